The second-order valence-corrected chi connectivity index (χ2v) is 3.29. The first-order valence-electron chi connectivity index (χ1n) is 4.27. The van der Waals surface area contributed by atoms with Gasteiger partial charge < -0.3 is 10.6 Å². The molecule has 1 aliphatic heterocycles. The minimum Gasteiger partial charge on any atom is -0.363 e. The van der Waals surface area contributed by atoms with Crippen LogP contribution in [0.5, 0.6) is 0 Å². The molecule has 0 amide bonds. The average molecular weight is 194 g/mol. The largest absolute Gasteiger partial charge is 0.363 e. The van der Waals surface area contributed by atoms with Gasteiger partial charge in [-0.1, -0.05) is 0 Å². The van der Waals surface area contributed by atoms with E-state index in [0.717, 1.165) is 0 Å². The summed E-state index contributed by atoms with van der Waals surface area (Å²) in [5, 5.41) is 10.7. The summed E-state index contributed by atoms with van der Waals surface area (Å²) in [7, 11) is 0. The number of nitrogens with zero attached hydrogens (tertiary/aromatic N) is 3. The van der Waals surface area contributed by atoms with Crippen LogP contribution in [0.3, 0.4) is 0 Å². The molecular formula is C8H10N4O2. The van der Waals surface area contributed by atoms with E-state index in [2.05, 4.69) is 4.98 Å². The zero-order valence-electron chi connectivity index (χ0n) is 7.46. The highest BCUT2D eigenvalue weighted by atomic mass is 16.6. The van der Waals surface area contributed by atoms with Gasteiger partial charge in [0.25, 0.3) is 0 Å². The Kier molecular flexibility index (Phi) is 2.05. The second kappa shape index (κ2) is 3.22. The lowest BCUT2D eigenvalue weighted by molar-refractivity contribution is -0.384. The summed E-state index contributed by atoms with van der Waals surface area (Å²) in [6.07, 6.45) is 2.81. The minimum atomic E-state index is -0.424. The SMILES string of the molecule is NC1CN(c2ccncc2[N+](=O)[O-])C1. The molecule has 0 unspecified atom stereocenters. The van der Waals surface area contributed by atoms with Crippen LogP contribution in [0.2, 0.25) is 0 Å². The van der Waals surface area contributed by atoms with Crippen LogP contribution in [0.1, 0.15) is 0 Å². The topological polar surface area (TPSA) is 85.3 Å². The van der Waals surface area contributed by atoms with Crippen molar-refractivity contribution in [2.24, 2.45) is 5.73 Å². The molecule has 0 aromatic carbocycles. The zero-order valence-corrected chi connectivity index (χ0v) is 7.46. The second-order valence-electron chi connectivity index (χ2n) is 3.29. The number of hydrogen-bond donors (Lipinski definition) is 1. The summed E-state index contributed by atoms with van der Waals surface area (Å²) >= 11 is 0. The molecule has 6 nitrogen and oxygen atoms in total. The van der Waals surface area contributed by atoms with Crippen molar-refractivity contribution in [2.75, 3.05) is 18.0 Å². The highest BCUT2D eigenvalue weighted by Gasteiger charge is 2.28. The Balaban J connectivity index is 2.28. The molecule has 1 aliphatic rings. The molecule has 14 heavy (non-hydrogen) atoms. The summed E-state index contributed by atoms with van der Waals surface area (Å²) in [6.45, 7) is 1.34. The fourth-order valence-electron chi connectivity index (χ4n) is 1.50. The van der Waals surface area contributed by atoms with Gasteiger partial charge in [-0.25, -0.2) is 0 Å². The van der Waals surface area contributed by atoms with Crippen molar-refractivity contribution < 1.29 is 4.92 Å². The molecule has 2 N–H and O–H groups in total. The number of anilines is 1. The quantitative estimate of drug-likeness (QED) is 0.534. The fraction of sp³-hybridized carbons (Fsp3) is 0.375. The van der Waals surface area contributed by atoms with Gasteiger partial charge in [0, 0.05) is 25.3 Å². The van der Waals surface area contributed by atoms with Crippen LogP contribution in [-0.4, -0.2) is 29.0 Å². The molecule has 2 rings (SSSR count). The molecule has 2 heterocycles. The molecule has 0 aliphatic carbocycles. The van der Waals surface area contributed by atoms with E-state index in [-0.39, 0.29) is 11.7 Å². The monoisotopic (exact) mass is 194 g/mol. The highest BCUT2D eigenvalue weighted by Crippen LogP contribution is 2.29. The maximum absolute atomic E-state index is 10.7. The Morgan fingerprint density at radius 2 is 2.36 bits per heavy atom. The van der Waals surface area contributed by atoms with E-state index in [1.165, 1.54) is 6.20 Å². The molecular weight excluding hydrogens is 184 g/mol. The van der Waals surface area contributed by atoms with E-state index in [9.17, 15) is 10.1 Å². The van der Waals surface area contributed by atoms with Crippen molar-refractivity contribution in [1.29, 1.82) is 0 Å². The van der Waals surface area contributed by atoms with Crippen molar-refractivity contribution in [3.05, 3.63) is 28.6 Å². The molecule has 1 saturated heterocycles. The van der Waals surface area contributed by atoms with Crippen molar-refractivity contribution in [3.63, 3.8) is 0 Å². The van der Waals surface area contributed by atoms with Crippen molar-refractivity contribution in [2.45, 2.75) is 6.04 Å². The molecule has 0 atom stereocenters. The van der Waals surface area contributed by atoms with E-state index in [1.807, 2.05) is 4.90 Å². The number of aromatic nitrogens is 1. The summed E-state index contributed by atoms with van der Waals surface area (Å²) in [6, 6.07) is 1.77. The van der Waals surface area contributed by atoms with Crippen LogP contribution in [-0.2, 0) is 0 Å². The maximum atomic E-state index is 10.7. The Morgan fingerprint density at radius 1 is 1.64 bits per heavy atom. The smallest absolute Gasteiger partial charge is 0.310 e. The molecule has 0 radical (unpaired) electrons. The van der Waals surface area contributed by atoms with Gasteiger partial charge in [-0.05, 0) is 6.07 Å². The van der Waals surface area contributed by atoms with Gasteiger partial charge in [-0.3, -0.25) is 15.1 Å². The third-order valence-corrected chi connectivity index (χ3v) is 2.22. The minimum absolute atomic E-state index is 0.0411. The highest BCUT2D eigenvalue weighted by molar-refractivity contribution is 5.63. The molecule has 0 bridgehead atoms. The van der Waals surface area contributed by atoms with E-state index in [4.69, 9.17) is 5.73 Å². The van der Waals surface area contributed by atoms with Crippen molar-refractivity contribution >= 4 is 11.4 Å². The first-order chi connectivity index (χ1) is 6.68. The van der Waals surface area contributed by atoms with Gasteiger partial charge in [0.2, 0.25) is 0 Å². The number of nitro groups is 1. The summed E-state index contributed by atoms with van der Waals surface area (Å²) in [4.78, 5) is 15.8. The predicted octanol–water partition coefficient (Wildman–Crippen LogP) is 0.137. The summed E-state index contributed by atoms with van der Waals surface area (Å²) in [5.74, 6) is 0. The van der Waals surface area contributed by atoms with Gasteiger partial charge in [0.15, 0.2) is 0 Å². The van der Waals surface area contributed by atoms with E-state index < -0.39 is 4.92 Å². The van der Waals surface area contributed by atoms with Crippen LogP contribution in [0, 0.1) is 10.1 Å². The molecule has 74 valence electrons. The third kappa shape index (κ3) is 1.39. The molecule has 1 aromatic rings. The van der Waals surface area contributed by atoms with E-state index in [1.54, 1.807) is 12.3 Å². The predicted molar refractivity (Wildman–Crippen MR) is 51.1 cm³/mol. The van der Waals surface area contributed by atoms with Crippen LogP contribution in [0.25, 0.3) is 0 Å². The van der Waals surface area contributed by atoms with Crippen molar-refractivity contribution in [1.82, 2.24) is 4.98 Å². The summed E-state index contributed by atoms with van der Waals surface area (Å²) in [5.41, 5.74) is 6.25. The van der Waals surface area contributed by atoms with E-state index in [0.29, 0.717) is 18.8 Å². The van der Waals surface area contributed by atoms with Crippen molar-refractivity contribution in [3.8, 4) is 0 Å². The summed E-state index contributed by atoms with van der Waals surface area (Å²) < 4.78 is 0. The third-order valence-electron chi connectivity index (χ3n) is 2.22. The Bertz CT molecular complexity index is 362. The Morgan fingerprint density at radius 3 is 2.93 bits per heavy atom. The standard InChI is InChI=1S/C8H10N4O2/c9-6-4-11(5-6)7-1-2-10-3-8(7)12(13)14/h1-3,6H,4-5,9H2. The molecule has 1 fully saturated rings. The molecule has 0 spiro atoms. The van der Waals surface area contributed by atoms with Gasteiger partial charge in [-0.15, -0.1) is 0 Å². The fourth-order valence-corrected chi connectivity index (χ4v) is 1.50. The number of rotatable bonds is 2. The first-order valence-corrected chi connectivity index (χ1v) is 4.27. The maximum Gasteiger partial charge on any atom is 0.310 e. The Labute approximate surface area is 80.5 Å². The van der Waals surface area contributed by atoms with Crippen LogP contribution < -0.4 is 10.6 Å². The van der Waals surface area contributed by atoms with Crippen LogP contribution >= 0.6 is 0 Å². The molecule has 0 saturated carbocycles. The first kappa shape index (κ1) is 8.89. The number of hydrogen-bond acceptors (Lipinski definition) is 5. The lowest BCUT2D eigenvalue weighted by Gasteiger charge is -2.38. The lowest BCUT2D eigenvalue weighted by Crippen LogP contribution is -2.56. The molecule has 1 aromatic heterocycles. The van der Waals surface area contributed by atoms with Crippen LogP contribution in [0.15, 0.2) is 18.5 Å². The average Bonchev–Trinajstić information content (AvgIpc) is 2.13. The molecule has 6 heteroatoms. The zero-order chi connectivity index (χ0) is 10.1. The number of pyridine rings is 1. The van der Waals surface area contributed by atoms with Crippen LogP contribution in [0.4, 0.5) is 11.4 Å². The van der Waals surface area contributed by atoms with E-state index >= 15 is 0 Å². The van der Waals surface area contributed by atoms with Gasteiger partial charge in [-0.2, -0.15) is 0 Å². The van der Waals surface area contributed by atoms with Gasteiger partial charge in [0.05, 0.1) is 4.92 Å². The normalized spacial score (nSPS) is 16.5. The van der Waals surface area contributed by atoms with Gasteiger partial charge in [0.1, 0.15) is 11.9 Å². The number of nitrogens with two attached hydrogens (primary N) is 1. The van der Waals surface area contributed by atoms with Gasteiger partial charge >= 0.3 is 5.69 Å². The lowest BCUT2D eigenvalue weighted by atomic mass is 10.1. The Hall–Kier alpha value is -1.69.